The number of halogens is 3. The molecule has 0 saturated heterocycles. The van der Waals surface area contributed by atoms with Crippen LogP contribution in [0.25, 0.3) is 0 Å². The van der Waals surface area contributed by atoms with Gasteiger partial charge >= 0.3 is 5.97 Å². The highest BCUT2D eigenvalue weighted by molar-refractivity contribution is 7.92. The fraction of sp³-hybridized carbons (Fsp3) is 0.125. The van der Waals surface area contributed by atoms with Gasteiger partial charge in [0.25, 0.3) is 0 Å². The van der Waals surface area contributed by atoms with Crippen LogP contribution in [0.5, 0.6) is 5.75 Å². The van der Waals surface area contributed by atoms with Gasteiger partial charge < -0.3 is 15.3 Å². The van der Waals surface area contributed by atoms with Crippen molar-refractivity contribution in [2.75, 3.05) is 12.4 Å². The Labute approximate surface area is 170 Å². The summed E-state index contributed by atoms with van der Waals surface area (Å²) in [6.07, 6.45) is 0. The molecule has 0 aliphatic carbocycles. The molecule has 7 nitrogen and oxygen atoms in total. The lowest BCUT2D eigenvalue weighted by molar-refractivity contribution is -0.146. The van der Waals surface area contributed by atoms with Gasteiger partial charge in [-0.2, -0.15) is 0 Å². The number of rotatable bonds is 7. The fourth-order valence-electron chi connectivity index (χ4n) is 1.81. The molecule has 0 spiro atoms. The van der Waals surface area contributed by atoms with E-state index >= 15 is 0 Å². The maximum absolute atomic E-state index is 12.2. The lowest BCUT2D eigenvalue weighted by Crippen LogP contribution is -2.25. The number of benzene rings is 2. The van der Waals surface area contributed by atoms with Gasteiger partial charge in [-0.3, -0.25) is 0 Å². The first-order valence-corrected chi connectivity index (χ1v) is 10.0. The van der Waals surface area contributed by atoms with Crippen molar-refractivity contribution in [2.24, 2.45) is 10.9 Å². The molecule has 144 valence electrons. The first-order chi connectivity index (χ1) is 12.7. The highest BCUT2D eigenvalue weighted by atomic mass is 35.5. The molecule has 0 aliphatic heterocycles. The summed E-state index contributed by atoms with van der Waals surface area (Å²) >= 11 is 17.4. The second-order valence-corrected chi connectivity index (χ2v) is 8.39. The summed E-state index contributed by atoms with van der Waals surface area (Å²) in [4.78, 5) is 16.2. The van der Waals surface area contributed by atoms with Gasteiger partial charge in [-0.05, 0) is 42.5 Å². The average molecular weight is 452 g/mol. The number of carbonyl (C=O) groups is 1. The molecule has 2 aromatic carbocycles. The van der Waals surface area contributed by atoms with Crippen molar-refractivity contribution in [1.82, 2.24) is 0 Å². The van der Waals surface area contributed by atoms with Gasteiger partial charge in [0.05, 0.1) is 9.92 Å². The zero-order valence-corrected chi connectivity index (χ0v) is 16.6. The Bertz CT molecular complexity index is 963. The van der Waals surface area contributed by atoms with E-state index in [1.54, 1.807) is 0 Å². The van der Waals surface area contributed by atoms with E-state index in [4.69, 9.17) is 45.3 Å². The number of nitrogens with zero attached hydrogens (tertiary/aromatic N) is 1. The average Bonchev–Trinajstić information content (AvgIpc) is 2.59. The van der Waals surface area contributed by atoms with Crippen molar-refractivity contribution < 1.29 is 22.8 Å². The highest BCUT2D eigenvalue weighted by Crippen LogP contribution is 2.27. The minimum atomic E-state index is -3.76. The summed E-state index contributed by atoms with van der Waals surface area (Å²) in [5.74, 6) is -1.71. The molecular weight excluding hydrogens is 439 g/mol. The van der Waals surface area contributed by atoms with Crippen molar-refractivity contribution in [3.63, 3.8) is 0 Å². The van der Waals surface area contributed by atoms with Crippen molar-refractivity contribution >= 4 is 56.4 Å². The second-order valence-electron chi connectivity index (χ2n) is 5.12. The van der Waals surface area contributed by atoms with Crippen LogP contribution in [0.3, 0.4) is 0 Å². The molecule has 27 heavy (non-hydrogen) atoms. The molecule has 0 unspecified atom stereocenters. The van der Waals surface area contributed by atoms with Gasteiger partial charge in [-0.25, -0.2) is 13.2 Å². The molecule has 11 heteroatoms. The fourth-order valence-corrected chi connectivity index (χ4v) is 3.56. The molecule has 2 N–H and O–H groups in total. The van der Waals surface area contributed by atoms with Crippen LogP contribution in [0.1, 0.15) is 0 Å². The van der Waals surface area contributed by atoms with Crippen molar-refractivity contribution in [3.8, 4) is 5.75 Å². The van der Waals surface area contributed by atoms with E-state index in [2.05, 4.69) is 9.99 Å². The molecule has 2 aromatic rings. The third kappa shape index (κ3) is 6.59. The van der Waals surface area contributed by atoms with Crippen LogP contribution in [0.15, 0.2) is 52.5 Å². The summed E-state index contributed by atoms with van der Waals surface area (Å²) in [7, 11) is -3.76. The van der Waals surface area contributed by atoms with Crippen LogP contribution in [0, 0.1) is 0 Å². The van der Waals surface area contributed by atoms with Gasteiger partial charge in [0.2, 0.25) is 0 Å². The van der Waals surface area contributed by atoms with Gasteiger partial charge in [-0.15, -0.1) is 0 Å². The van der Waals surface area contributed by atoms with Crippen LogP contribution in [-0.2, 0) is 19.5 Å². The SMILES string of the molecule is N/C(CS(=O)(=O)c1ccc(Cl)cc1)=N\OC(=O)COc1ccc(Cl)cc1Cl. The Morgan fingerprint density at radius 1 is 1.04 bits per heavy atom. The van der Waals surface area contributed by atoms with E-state index < -0.39 is 34.0 Å². The van der Waals surface area contributed by atoms with Crippen molar-refractivity contribution in [1.29, 1.82) is 0 Å². The number of sulfone groups is 1. The minimum Gasteiger partial charge on any atom is -0.480 e. The molecule has 0 bridgehead atoms. The van der Waals surface area contributed by atoms with Crippen LogP contribution in [0.4, 0.5) is 0 Å². The lowest BCUT2D eigenvalue weighted by atomic mass is 10.3. The summed E-state index contributed by atoms with van der Waals surface area (Å²) in [6, 6.07) is 9.99. The molecule has 0 aromatic heterocycles. The smallest absolute Gasteiger partial charge is 0.372 e. The van der Waals surface area contributed by atoms with Gasteiger partial charge in [0.1, 0.15) is 11.5 Å². The first kappa shape index (κ1) is 21.3. The number of carbonyl (C=O) groups excluding carboxylic acids is 1. The van der Waals surface area contributed by atoms with Crippen molar-refractivity contribution in [2.45, 2.75) is 4.90 Å². The number of ether oxygens (including phenoxy) is 1. The van der Waals surface area contributed by atoms with Gasteiger partial charge in [0, 0.05) is 10.0 Å². The van der Waals surface area contributed by atoms with E-state index in [1.807, 2.05) is 0 Å². The van der Waals surface area contributed by atoms with E-state index in [1.165, 1.54) is 42.5 Å². The number of nitrogens with two attached hydrogens (primary N) is 1. The normalized spacial score (nSPS) is 11.9. The summed E-state index contributed by atoms with van der Waals surface area (Å²) in [5.41, 5.74) is 5.51. The molecule has 0 heterocycles. The van der Waals surface area contributed by atoms with Crippen LogP contribution in [0.2, 0.25) is 15.1 Å². The summed E-state index contributed by atoms with van der Waals surface area (Å²) in [6.45, 7) is -0.512. The van der Waals surface area contributed by atoms with E-state index in [9.17, 15) is 13.2 Å². The summed E-state index contributed by atoms with van der Waals surface area (Å²) < 4.78 is 29.5. The summed E-state index contributed by atoms with van der Waals surface area (Å²) in [5, 5.41) is 4.33. The van der Waals surface area contributed by atoms with Crippen molar-refractivity contribution in [3.05, 3.63) is 57.5 Å². The number of hydrogen-bond donors (Lipinski definition) is 1. The lowest BCUT2D eigenvalue weighted by Gasteiger charge is -2.07. The molecule has 0 radical (unpaired) electrons. The molecule has 0 amide bonds. The van der Waals surface area contributed by atoms with E-state index in [0.29, 0.717) is 10.0 Å². The van der Waals surface area contributed by atoms with Crippen LogP contribution in [-0.4, -0.2) is 32.6 Å². The largest absolute Gasteiger partial charge is 0.480 e. The molecular formula is C16H13Cl3N2O5S. The van der Waals surface area contributed by atoms with Gasteiger partial charge in [0.15, 0.2) is 22.3 Å². The zero-order chi connectivity index (χ0) is 20.0. The number of oxime groups is 1. The van der Waals surface area contributed by atoms with Crippen LogP contribution >= 0.6 is 34.8 Å². The predicted molar refractivity (Wildman–Crippen MR) is 103 cm³/mol. The Kier molecular flexibility index (Phi) is 7.32. The minimum absolute atomic E-state index is 0.0112. The van der Waals surface area contributed by atoms with Gasteiger partial charge in [-0.1, -0.05) is 40.0 Å². The quantitative estimate of drug-likeness (QED) is 0.299. The first-order valence-electron chi connectivity index (χ1n) is 7.26. The maximum Gasteiger partial charge on any atom is 0.372 e. The topological polar surface area (TPSA) is 108 Å². The molecule has 2 rings (SSSR count). The van der Waals surface area contributed by atoms with E-state index in [-0.39, 0.29) is 15.7 Å². The monoisotopic (exact) mass is 450 g/mol. The molecule has 0 aliphatic rings. The Morgan fingerprint density at radius 3 is 2.30 bits per heavy atom. The molecule has 0 atom stereocenters. The number of amidine groups is 1. The Balaban J connectivity index is 1.90. The Morgan fingerprint density at radius 2 is 1.67 bits per heavy atom. The van der Waals surface area contributed by atoms with Crippen LogP contribution < -0.4 is 10.5 Å². The second kappa shape index (κ2) is 9.27. The predicted octanol–water partition coefficient (Wildman–Crippen LogP) is 3.31. The third-order valence-electron chi connectivity index (χ3n) is 3.01. The molecule has 0 saturated carbocycles. The number of hydrogen-bond acceptors (Lipinski definition) is 6. The van der Waals surface area contributed by atoms with E-state index in [0.717, 1.165) is 0 Å². The Hall–Kier alpha value is -2.00. The standard InChI is InChI=1S/C16H13Cl3N2O5S/c17-10-1-4-12(5-2-10)27(23,24)9-15(20)21-26-16(22)8-25-14-6-3-11(18)7-13(14)19/h1-7H,8-9H2,(H2,20,21). The highest BCUT2D eigenvalue weighted by Gasteiger charge is 2.17. The molecule has 0 fully saturated rings. The zero-order valence-electron chi connectivity index (χ0n) is 13.6. The maximum atomic E-state index is 12.2. The third-order valence-corrected chi connectivity index (χ3v) is 5.46.